The molecule has 1 heterocycles. The molecule has 7 heteroatoms. The Bertz CT molecular complexity index is 1170. The van der Waals surface area contributed by atoms with Gasteiger partial charge in [-0.2, -0.15) is 0 Å². The number of anilines is 1. The van der Waals surface area contributed by atoms with Gasteiger partial charge in [0.25, 0.3) is 5.91 Å². The zero-order chi connectivity index (χ0) is 20.9. The van der Waals surface area contributed by atoms with E-state index in [1.165, 1.54) is 13.3 Å². The Morgan fingerprint density at radius 2 is 1.67 bits per heavy atom. The first-order chi connectivity index (χ1) is 14.6. The molecule has 1 aromatic heterocycles. The van der Waals surface area contributed by atoms with E-state index in [-0.39, 0.29) is 5.56 Å². The highest BCUT2D eigenvalue weighted by Gasteiger charge is 2.21. The molecule has 0 saturated heterocycles. The van der Waals surface area contributed by atoms with Crippen LogP contribution < -0.4 is 10.1 Å². The third kappa shape index (κ3) is 4.30. The summed E-state index contributed by atoms with van der Waals surface area (Å²) in [7, 11) is 0. The van der Waals surface area contributed by atoms with Crippen LogP contribution in [0.5, 0.6) is 11.5 Å². The highest BCUT2D eigenvalue weighted by Crippen LogP contribution is 2.23. The maximum atomic E-state index is 12.4. The maximum absolute atomic E-state index is 12.4. The minimum atomic E-state index is -1.00. The van der Waals surface area contributed by atoms with E-state index < -0.39 is 18.0 Å². The number of aromatic nitrogens is 1. The van der Waals surface area contributed by atoms with E-state index in [9.17, 15) is 9.59 Å². The normalized spacial score (nSPS) is 11.6. The van der Waals surface area contributed by atoms with Crippen LogP contribution in [0.15, 0.2) is 83.6 Å². The molecule has 1 amide bonds. The second-order valence-corrected chi connectivity index (χ2v) is 6.48. The Kier molecular flexibility index (Phi) is 5.43. The quantitative estimate of drug-likeness (QED) is 0.466. The summed E-state index contributed by atoms with van der Waals surface area (Å²) in [6.45, 7) is 1.50. The van der Waals surface area contributed by atoms with E-state index in [2.05, 4.69) is 10.3 Å². The molecular formula is C23H18N2O5. The first-order valence-corrected chi connectivity index (χ1v) is 9.27. The number of carbonyl (C=O) groups excluding carboxylic acids is 2. The summed E-state index contributed by atoms with van der Waals surface area (Å²) in [6.07, 6.45) is 0.253. The summed E-state index contributed by atoms with van der Waals surface area (Å²) < 4.78 is 16.2. The number of hydrogen-bond donors (Lipinski definition) is 1. The molecule has 0 aliphatic carbocycles. The van der Waals surface area contributed by atoms with Crippen molar-refractivity contribution in [2.45, 2.75) is 13.0 Å². The van der Waals surface area contributed by atoms with Gasteiger partial charge in [-0.1, -0.05) is 24.3 Å². The zero-order valence-corrected chi connectivity index (χ0v) is 16.1. The standard InChI is InChI=1S/C23H18N2O5/c1-15(29-23(27)19-8-5-9-20-21(19)24-14-28-20)22(26)25-16-10-12-18(13-11-16)30-17-6-3-2-4-7-17/h2-15H,1H3,(H,25,26). The van der Waals surface area contributed by atoms with Crippen molar-refractivity contribution in [1.82, 2.24) is 4.98 Å². The number of para-hydroxylation sites is 2. The third-order valence-electron chi connectivity index (χ3n) is 4.33. The number of benzene rings is 3. The predicted molar refractivity (Wildman–Crippen MR) is 110 cm³/mol. The lowest BCUT2D eigenvalue weighted by atomic mass is 10.2. The molecule has 150 valence electrons. The molecule has 4 rings (SSSR count). The highest BCUT2D eigenvalue weighted by atomic mass is 16.5. The number of hydrogen-bond acceptors (Lipinski definition) is 6. The Labute approximate surface area is 172 Å². The Hall–Kier alpha value is -4.13. The predicted octanol–water partition coefficient (Wildman–Crippen LogP) is 4.80. The van der Waals surface area contributed by atoms with Crippen LogP contribution in [0.1, 0.15) is 17.3 Å². The summed E-state index contributed by atoms with van der Waals surface area (Å²) >= 11 is 0. The van der Waals surface area contributed by atoms with Crippen molar-refractivity contribution in [3.63, 3.8) is 0 Å². The van der Waals surface area contributed by atoms with Crippen LogP contribution in [0.3, 0.4) is 0 Å². The van der Waals surface area contributed by atoms with Crippen LogP contribution in [-0.2, 0) is 9.53 Å². The van der Waals surface area contributed by atoms with Gasteiger partial charge in [-0.05, 0) is 55.5 Å². The minimum absolute atomic E-state index is 0.239. The molecule has 30 heavy (non-hydrogen) atoms. The zero-order valence-electron chi connectivity index (χ0n) is 16.1. The monoisotopic (exact) mass is 402 g/mol. The number of amides is 1. The fraction of sp³-hybridized carbons (Fsp3) is 0.0870. The molecule has 0 aliphatic heterocycles. The molecule has 0 saturated carbocycles. The molecule has 1 atom stereocenters. The average molecular weight is 402 g/mol. The Morgan fingerprint density at radius 1 is 0.933 bits per heavy atom. The highest BCUT2D eigenvalue weighted by molar-refractivity contribution is 6.03. The van der Waals surface area contributed by atoms with Crippen LogP contribution >= 0.6 is 0 Å². The summed E-state index contributed by atoms with van der Waals surface area (Å²) in [5, 5.41) is 2.72. The van der Waals surface area contributed by atoms with Crippen molar-refractivity contribution >= 4 is 28.7 Å². The van der Waals surface area contributed by atoms with E-state index in [0.717, 1.165) is 5.75 Å². The lowest BCUT2D eigenvalue weighted by Crippen LogP contribution is -2.30. The van der Waals surface area contributed by atoms with Gasteiger partial charge in [0.05, 0.1) is 5.56 Å². The van der Waals surface area contributed by atoms with Crippen LogP contribution in [0.25, 0.3) is 11.1 Å². The molecule has 4 aromatic rings. The number of ether oxygens (including phenoxy) is 2. The van der Waals surface area contributed by atoms with E-state index >= 15 is 0 Å². The van der Waals surface area contributed by atoms with Crippen LogP contribution in [-0.4, -0.2) is 23.0 Å². The van der Waals surface area contributed by atoms with E-state index in [1.54, 1.807) is 42.5 Å². The number of nitrogens with one attached hydrogen (secondary N) is 1. The lowest BCUT2D eigenvalue weighted by Gasteiger charge is -2.14. The van der Waals surface area contributed by atoms with Crippen molar-refractivity contribution in [3.05, 3.63) is 84.8 Å². The topological polar surface area (TPSA) is 90.7 Å². The summed E-state index contributed by atoms with van der Waals surface area (Å²) in [5.41, 5.74) is 1.66. The molecule has 0 aliphatic rings. The molecule has 0 spiro atoms. The smallest absolute Gasteiger partial charge is 0.341 e. The molecule has 0 bridgehead atoms. The van der Waals surface area contributed by atoms with Crippen molar-refractivity contribution in [2.24, 2.45) is 0 Å². The second kappa shape index (κ2) is 8.48. The van der Waals surface area contributed by atoms with Crippen LogP contribution in [0.4, 0.5) is 5.69 Å². The number of oxazole rings is 1. The van der Waals surface area contributed by atoms with Gasteiger partial charge < -0.3 is 19.2 Å². The third-order valence-corrected chi connectivity index (χ3v) is 4.33. The van der Waals surface area contributed by atoms with Crippen molar-refractivity contribution in [1.29, 1.82) is 0 Å². The van der Waals surface area contributed by atoms with Gasteiger partial charge in [-0.25, -0.2) is 9.78 Å². The SMILES string of the molecule is CC(OC(=O)c1cccc2ocnc12)C(=O)Nc1ccc(Oc2ccccc2)cc1. The van der Waals surface area contributed by atoms with Gasteiger partial charge in [0.1, 0.15) is 17.0 Å². The van der Waals surface area contributed by atoms with Gasteiger partial charge in [0.2, 0.25) is 0 Å². The van der Waals surface area contributed by atoms with Crippen LogP contribution in [0.2, 0.25) is 0 Å². The minimum Gasteiger partial charge on any atom is -0.457 e. The fourth-order valence-corrected chi connectivity index (χ4v) is 2.80. The largest absolute Gasteiger partial charge is 0.457 e. The van der Waals surface area contributed by atoms with E-state index in [4.69, 9.17) is 13.9 Å². The van der Waals surface area contributed by atoms with Crippen LogP contribution in [0, 0.1) is 0 Å². The number of fused-ring (bicyclic) bond motifs is 1. The molecular weight excluding hydrogens is 384 g/mol. The van der Waals surface area contributed by atoms with Gasteiger partial charge in [-0.3, -0.25) is 4.79 Å². The molecule has 0 radical (unpaired) electrons. The molecule has 3 aromatic carbocycles. The molecule has 7 nitrogen and oxygen atoms in total. The first kappa shape index (κ1) is 19.2. The second-order valence-electron chi connectivity index (χ2n) is 6.48. The van der Waals surface area contributed by atoms with Gasteiger partial charge in [0.15, 0.2) is 18.1 Å². The lowest BCUT2D eigenvalue weighted by molar-refractivity contribution is -0.123. The van der Waals surface area contributed by atoms with Crippen molar-refractivity contribution < 1.29 is 23.5 Å². The van der Waals surface area contributed by atoms with Gasteiger partial charge >= 0.3 is 5.97 Å². The average Bonchev–Trinajstić information content (AvgIpc) is 3.24. The first-order valence-electron chi connectivity index (χ1n) is 9.27. The van der Waals surface area contributed by atoms with Gasteiger partial charge in [-0.15, -0.1) is 0 Å². The summed E-state index contributed by atoms with van der Waals surface area (Å²) in [5.74, 6) is 0.257. The fourth-order valence-electron chi connectivity index (χ4n) is 2.80. The number of nitrogens with zero attached hydrogens (tertiary/aromatic N) is 1. The maximum Gasteiger partial charge on any atom is 0.341 e. The number of esters is 1. The number of rotatable bonds is 6. The Balaban J connectivity index is 1.36. The number of carbonyl (C=O) groups is 2. The van der Waals surface area contributed by atoms with E-state index in [0.29, 0.717) is 22.5 Å². The molecule has 0 fully saturated rings. The van der Waals surface area contributed by atoms with E-state index in [1.807, 2.05) is 30.3 Å². The summed E-state index contributed by atoms with van der Waals surface area (Å²) in [6, 6.07) is 21.2. The summed E-state index contributed by atoms with van der Waals surface area (Å²) in [4.78, 5) is 28.9. The van der Waals surface area contributed by atoms with Crippen molar-refractivity contribution in [2.75, 3.05) is 5.32 Å². The molecule has 1 unspecified atom stereocenters. The molecule has 1 N–H and O–H groups in total. The Morgan fingerprint density at radius 3 is 2.43 bits per heavy atom. The van der Waals surface area contributed by atoms with Gasteiger partial charge in [0, 0.05) is 5.69 Å². The van der Waals surface area contributed by atoms with Crippen molar-refractivity contribution in [3.8, 4) is 11.5 Å².